The largest absolute Gasteiger partial charge is 0.497 e. The van der Waals surface area contributed by atoms with Crippen LogP contribution in [0.2, 0.25) is 0 Å². The van der Waals surface area contributed by atoms with Gasteiger partial charge in [-0.25, -0.2) is 4.79 Å². The zero-order valence-corrected chi connectivity index (χ0v) is 23.3. The molecule has 0 unspecified atom stereocenters. The van der Waals surface area contributed by atoms with Gasteiger partial charge in [-0.2, -0.15) is 0 Å². The molecule has 0 N–H and O–H groups in total. The molecule has 5 rings (SSSR count). The third-order valence-electron chi connectivity index (χ3n) is 7.05. The van der Waals surface area contributed by atoms with E-state index in [0.29, 0.717) is 11.3 Å². The molecule has 194 valence electrons. The van der Waals surface area contributed by atoms with Crippen molar-refractivity contribution in [2.24, 2.45) is 0 Å². The fourth-order valence-electron chi connectivity index (χ4n) is 5.04. The Morgan fingerprint density at radius 2 is 1.16 bits per heavy atom. The van der Waals surface area contributed by atoms with Gasteiger partial charge in [0.05, 0.1) is 23.7 Å². The first-order chi connectivity index (χ1) is 18.0. The highest BCUT2D eigenvalue weighted by Gasteiger charge is 2.30. The maximum atomic E-state index is 13.5. The number of para-hydroxylation sites is 2. The molecule has 0 aliphatic heterocycles. The quantitative estimate of drug-likeness (QED) is 0.181. The predicted octanol–water partition coefficient (Wildman–Crippen LogP) is 8.61. The van der Waals surface area contributed by atoms with Crippen LogP contribution in [-0.4, -0.2) is 17.6 Å². The van der Waals surface area contributed by atoms with Gasteiger partial charge in [-0.05, 0) is 59.4 Å². The second-order valence-electron chi connectivity index (χ2n) is 11.9. The number of ether oxygens (including phenoxy) is 2. The van der Waals surface area contributed by atoms with Crippen molar-refractivity contribution in [1.82, 2.24) is 4.57 Å². The summed E-state index contributed by atoms with van der Waals surface area (Å²) in [6.07, 6.45) is 0. The minimum absolute atomic E-state index is 0.245. The van der Waals surface area contributed by atoms with Gasteiger partial charge in [0.1, 0.15) is 11.5 Å². The van der Waals surface area contributed by atoms with Crippen LogP contribution in [-0.2, 0) is 10.8 Å². The van der Waals surface area contributed by atoms with Crippen molar-refractivity contribution in [3.05, 3.63) is 102 Å². The molecule has 0 atom stereocenters. The lowest BCUT2D eigenvalue weighted by molar-refractivity contribution is 0.0728. The van der Waals surface area contributed by atoms with E-state index in [1.165, 1.54) is 10.8 Å². The molecule has 4 aromatic carbocycles. The van der Waals surface area contributed by atoms with Gasteiger partial charge in [-0.1, -0.05) is 77.9 Å². The second-order valence-corrected chi connectivity index (χ2v) is 11.9. The number of carbonyl (C=O) groups is 1. The van der Waals surface area contributed by atoms with Gasteiger partial charge in [0.2, 0.25) is 0 Å². The van der Waals surface area contributed by atoms with E-state index in [-0.39, 0.29) is 16.8 Å². The first kappa shape index (κ1) is 25.6. The van der Waals surface area contributed by atoms with Crippen LogP contribution in [0.3, 0.4) is 0 Å². The molecule has 4 nitrogen and oxygen atoms in total. The average molecular weight is 506 g/mol. The molecular formula is C34H35NO3. The number of benzene rings is 4. The van der Waals surface area contributed by atoms with E-state index in [9.17, 15) is 4.79 Å². The summed E-state index contributed by atoms with van der Waals surface area (Å²) in [5, 5.41) is 2.41. The summed E-state index contributed by atoms with van der Waals surface area (Å²) in [6.45, 7) is 12.7. The van der Waals surface area contributed by atoms with E-state index >= 15 is 0 Å². The molecule has 0 fully saturated rings. The summed E-state index contributed by atoms with van der Waals surface area (Å²) in [7, 11) is 1.67. The van der Waals surface area contributed by atoms with Crippen LogP contribution in [0.25, 0.3) is 27.5 Å². The monoisotopic (exact) mass is 505 g/mol. The molecule has 0 saturated heterocycles. The van der Waals surface area contributed by atoms with Crippen molar-refractivity contribution in [2.45, 2.75) is 52.4 Å². The lowest BCUT2D eigenvalue weighted by Crippen LogP contribution is -2.22. The topological polar surface area (TPSA) is 40.5 Å². The fraction of sp³-hybridized carbons (Fsp3) is 0.265. The summed E-state index contributed by atoms with van der Waals surface area (Å²) >= 11 is 0. The number of nitrogens with zero attached hydrogens (tertiary/aromatic N) is 1. The minimum atomic E-state index is -0.375. The molecule has 0 saturated carbocycles. The molecule has 1 aromatic heterocycles. The number of methoxy groups -OCH3 is 1. The molecule has 0 bridgehead atoms. The predicted molar refractivity (Wildman–Crippen MR) is 156 cm³/mol. The van der Waals surface area contributed by atoms with Crippen LogP contribution in [0.4, 0.5) is 0 Å². The minimum Gasteiger partial charge on any atom is -0.497 e. The lowest BCUT2D eigenvalue weighted by atomic mass is 9.79. The molecule has 0 radical (unpaired) electrons. The van der Waals surface area contributed by atoms with Crippen LogP contribution in [0, 0.1) is 0 Å². The molecule has 0 spiro atoms. The molecule has 4 heteroatoms. The summed E-state index contributed by atoms with van der Waals surface area (Å²) in [4.78, 5) is 13.5. The summed E-state index contributed by atoms with van der Waals surface area (Å²) < 4.78 is 14.0. The SMILES string of the molecule is COc1cc(C(C)(C)C)c(OC(=O)c2ccc(-n3c4ccccc4c4ccccc43)cc2)c(C(C)(C)C)c1. The van der Waals surface area contributed by atoms with Gasteiger partial charge in [-0.3, -0.25) is 0 Å². The third-order valence-corrected chi connectivity index (χ3v) is 7.05. The highest BCUT2D eigenvalue weighted by atomic mass is 16.5. The van der Waals surface area contributed by atoms with Crippen molar-refractivity contribution in [3.8, 4) is 17.2 Å². The lowest BCUT2D eigenvalue weighted by Gasteiger charge is -2.29. The maximum absolute atomic E-state index is 13.5. The van der Waals surface area contributed by atoms with Gasteiger partial charge < -0.3 is 14.0 Å². The van der Waals surface area contributed by atoms with Gasteiger partial charge >= 0.3 is 5.97 Å². The number of fused-ring (bicyclic) bond motifs is 3. The van der Waals surface area contributed by atoms with Gasteiger partial charge in [0, 0.05) is 27.6 Å². The molecule has 38 heavy (non-hydrogen) atoms. The highest BCUT2D eigenvalue weighted by Crippen LogP contribution is 2.43. The Labute approximate surface area is 224 Å². The van der Waals surface area contributed by atoms with Crippen LogP contribution < -0.4 is 9.47 Å². The van der Waals surface area contributed by atoms with E-state index in [1.54, 1.807) is 7.11 Å². The second kappa shape index (κ2) is 9.36. The zero-order valence-electron chi connectivity index (χ0n) is 23.3. The van der Waals surface area contributed by atoms with Crippen molar-refractivity contribution >= 4 is 27.8 Å². The highest BCUT2D eigenvalue weighted by molar-refractivity contribution is 6.09. The fourth-order valence-corrected chi connectivity index (χ4v) is 5.04. The smallest absolute Gasteiger partial charge is 0.343 e. The van der Waals surface area contributed by atoms with E-state index < -0.39 is 0 Å². The standard InChI is InChI=1S/C34H35NO3/c1-33(2,3)27-20-24(37-7)21-28(34(4,5)6)31(27)38-32(36)22-16-18-23(19-17-22)35-29-14-10-8-12-25(29)26-13-9-11-15-30(26)35/h8-21H,1-7H3. The van der Waals surface area contributed by atoms with Gasteiger partial charge in [-0.15, -0.1) is 0 Å². The number of esters is 1. The van der Waals surface area contributed by atoms with Crippen LogP contribution >= 0.6 is 0 Å². The molecular weight excluding hydrogens is 470 g/mol. The normalized spacial score (nSPS) is 12.2. The molecule has 0 aliphatic rings. The Kier molecular flexibility index (Phi) is 6.30. The Morgan fingerprint density at radius 3 is 1.61 bits per heavy atom. The Hall–Kier alpha value is -4.05. The van der Waals surface area contributed by atoms with E-state index in [0.717, 1.165) is 33.6 Å². The van der Waals surface area contributed by atoms with Gasteiger partial charge in [0.25, 0.3) is 0 Å². The molecule has 0 aliphatic carbocycles. The summed E-state index contributed by atoms with van der Waals surface area (Å²) in [6, 6.07) is 28.4. The Bertz CT molecular complexity index is 1560. The first-order valence-corrected chi connectivity index (χ1v) is 13.0. The number of carbonyl (C=O) groups excluding carboxylic acids is 1. The zero-order chi connectivity index (χ0) is 27.2. The van der Waals surface area contributed by atoms with E-state index in [1.807, 2.05) is 36.4 Å². The van der Waals surface area contributed by atoms with Crippen molar-refractivity contribution < 1.29 is 14.3 Å². The van der Waals surface area contributed by atoms with Crippen molar-refractivity contribution in [1.29, 1.82) is 0 Å². The maximum Gasteiger partial charge on any atom is 0.343 e. The molecule has 5 aromatic rings. The van der Waals surface area contributed by atoms with Crippen LogP contribution in [0.5, 0.6) is 11.5 Å². The first-order valence-electron chi connectivity index (χ1n) is 13.0. The Morgan fingerprint density at radius 1 is 0.684 bits per heavy atom. The van der Waals surface area contributed by atoms with E-state index in [4.69, 9.17) is 9.47 Å². The summed E-state index contributed by atoms with van der Waals surface area (Å²) in [5.41, 5.74) is 5.15. The number of hydrogen-bond acceptors (Lipinski definition) is 3. The van der Waals surface area contributed by atoms with Crippen molar-refractivity contribution in [3.63, 3.8) is 0 Å². The average Bonchev–Trinajstić information content (AvgIpc) is 3.22. The molecule has 1 heterocycles. The number of hydrogen-bond donors (Lipinski definition) is 0. The molecule has 0 amide bonds. The number of rotatable bonds is 4. The van der Waals surface area contributed by atoms with Crippen LogP contribution in [0.15, 0.2) is 84.9 Å². The summed E-state index contributed by atoms with van der Waals surface area (Å²) in [5.74, 6) is 0.998. The van der Waals surface area contributed by atoms with E-state index in [2.05, 4.69) is 94.6 Å². The third kappa shape index (κ3) is 4.56. The van der Waals surface area contributed by atoms with Crippen LogP contribution in [0.1, 0.15) is 63.0 Å². The number of aromatic nitrogens is 1. The Balaban J connectivity index is 1.55. The van der Waals surface area contributed by atoms with Gasteiger partial charge in [0.15, 0.2) is 0 Å². The van der Waals surface area contributed by atoms with Crippen molar-refractivity contribution in [2.75, 3.05) is 7.11 Å².